The molecule has 0 unspecified atom stereocenters. The quantitative estimate of drug-likeness (QED) is 0.0962. The Kier molecular flexibility index (Phi) is 14.5. The minimum atomic E-state index is -0.689. The molecule has 1 aliphatic carbocycles. The van der Waals surface area contributed by atoms with E-state index in [0.29, 0.717) is 56.0 Å². The lowest BCUT2D eigenvalue weighted by Gasteiger charge is -2.28. The number of rotatable bonds is 10. The summed E-state index contributed by atoms with van der Waals surface area (Å²) in [5.41, 5.74) is 5.43. The van der Waals surface area contributed by atoms with Crippen LogP contribution in [0.1, 0.15) is 161 Å². The Morgan fingerprint density at radius 3 is 0.757 bits per heavy atom. The first-order valence-electron chi connectivity index (χ1n) is 24.4. The van der Waals surface area contributed by atoms with Gasteiger partial charge in [-0.2, -0.15) is 0 Å². The second-order valence-electron chi connectivity index (χ2n) is 23.6. The highest BCUT2D eigenvalue weighted by Gasteiger charge is 2.30. The maximum absolute atomic E-state index is 12.7. The first-order chi connectivity index (χ1) is 34.3. The third kappa shape index (κ3) is 12.0. The van der Waals surface area contributed by atoms with Gasteiger partial charge in [-0.15, -0.1) is 0 Å². The van der Waals surface area contributed by atoms with Crippen molar-refractivity contribution in [2.75, 3.05) is 0 Å². The summed E-state index contributed by atoms with van der Waals surface area (Å²) in [5.74, 6) is 0.795. The lowest BCUT2D eigenvalue weighted by atomic mass is 9.79. The molecule has 0 amide bonds. The summed E-state index contributed by atoms with van der Waals surface area (Å²) in [6.45, 7) is 24.3. The van der Waals surface area contributed by atoms with Gasteiger partial charge in [0.2, 0.25) is 0 Å². The molecule has 6 aromatic carbocycles. The highest BCUT2D eigenvalue weighted by atomic mass is 16.6. The minimum Gasteiger partial charge on any atom is -0.507 e. The predicted molar refractivity (Wildman–Crippen MR) is 283 cm³/mol. The molecule has 0 atom stereocenters. The van der Waals surface area contributed by atoms with Crippen molar-refractivity contribution in [3.05, 3.63) is 203 Å². The molecule has 8 bridgehead atoms. The number of phenolic OH excluding ortho intramolecular Hbond substituents is 2. The number of phenols is 2. The van der Waals surface area contributed by atoms with Gasteiger partial charge in [-0.1, -0.05) is 132 Å². The Balaban J connectivity index is 1.55. The molecule has 0 aromatic heterocycles. The summed E-state index contributed by atoms with van der Waals surface area (Å²) >= 11 is 0. The lowest BCUT2D eigenvalue weighted by Crippen LogP contribution is -2.16. The van der Waals surface area contributed by atoms with E-state index < -0.39 is 64.1 Å². The number of hydrogen-bond donors (Lipinski definition) is 2. The van der Waals surface area contributed by atoms with Crippen LogP contribution in [-0.2, 0) is 60.6 Å². The molecule has 7 rings (SSSR count). The lowest BCUT2D eigenvalue weighted by molar-refractivity contribution is -0.394. The van der Waals surface area contributed by atoms with E-state index >= 15 is 0 Å². The van der Waals surface area contributed by atoms with E-state index in [4.69, 9.17) is 9.47 Å². The van der Waals surface area contributed by atoms with Crippen molar-refractivity contribution in [2.45, 2.75) is 144 Å². The van der Waals surface area contributed by atoms with Crippen LogP contribution in [0, 0.1) is 40.5 Å². The molecule has 0 saturated carbocycles. The van der Waals surface area contributed by atoms with E-state index in [1.54, 1.807) is 0 Å². The van der Waals surface area contributed by atoms with Gasteiger partial charge in [0, 0.05) is 61.1 Å². The van der Waals surface area contributed by atoms with E-state index in [9.17, 15) is 50.7 Å². The van der Waals surface area contributed by atoms with E-state index in [1.807, 2.05) is 48.5 Å². The topological polar surface area (TPSA) is 231 Å². The Labute approximate surface area is 430 Å². The molecule has 0 spiro atoms. The molecule has 0 aliphatic heterocycles. The number of hydrogen-bond acceptors (Lipinski definition) is 12. The fraction of sp³-hybridized carbons (Fsp3) is 0.379. The van der Waals surface area contributed by atoms with Crippen LogP contribution in [0.5, 0.6) is 23.0 Å². The molecule has 16 nitrogen and oxygen atoms in total. The van der Waals surface area contributed by atoms with Crippen molar-refractivity contribution < 1.29 is 39.4 Å². The summed E-state index contributed by atoms with van der Waals surface area (Å²) in [6.07, 6.45) is 0.522. The van der Waals surface area contributed by atoms with Crippen LogP contribution < -0.4 is 9.47 Å². The highest BCUT2D eigenvalue weighted by Crippen LogP contribution is 2.44. The zero-order valence-corrected chi connectivity index (χ0v) is 44.1. The summed E-state index contributed by atoms with van der Waals surface area (Å²) in [5, 5.41) is 73.2. The number of nitro groups is 4. The Morgan fingerprint density at radius 1 is 0.365 bits per heavy atom. The van der Waals surface area contributed by atoms with Crippen LogP contribution in [-0.4, -0.2) is 29.9 Å². The number of ether oxygens (including phenoxy) is 2. The average molecular weight is 1010 g/mol. The fourth-order valence-corrected chi connectivity index (χ4v) is 9.23. The second-order valence-corrected chi connectivity index (χ2v) is 23.6. The first-order valence-corrected chi connectivity index (χ1v) is 24.4. The van der Waals surface area contributed by atoms with Crippen molar-refractivity contribution in [1.82, 2.24) is 0 Å². The van der Waals surface area contributed by atoms with Gasteiger partial charge in [-0.25, -0.2) is 0 Å². The Hall–Kier alpha value is -7.88. The van der Waals surface area contributed by atoms with Crippen LogP contribution in [0.4, 0.5) is 22.7 Å². The van der Waals surface area contributed by atoms with Crippen LogP contribution in [0.2, 0.25) is 0 Å². The highest BCUT2D eigenvalue weighted by molar-refractivity contribution is 5.60. The molecular formula is C58H64N4O12. The predicted octanol–water partition coefficient (Wildman–Crippen LogP) is 13.8. The molecule has 16 heteroatoms. The maximum atomic E-state index is 12.7. The van der Waals surface area contributed by atoms with Crippen molar-refractivity contribution >= 4 is 22.7 Å². The van der Waals surface area contributed by atoms with Crippen molar-refractivity contribution in [3.8, 4) is 23.0 Å². The van der Waals surface area contributed by atoms with Gasteiger partial charge in [0.05, 0.1) is 31.8 Å². The Morgan fingerprint density at radius 2 is 0.568 bits per heavy atom. The summed E-state index contributed by atoms with van der Waals surface area (Å²) in [7, 11) is 0. The molecule has 388 valence electrons. The molecule has 0 radical (unpaired) electrons. The van der Waals surface area contributed by atoms with Gasteiger partial charge in [0.25, 0.3) is 22.7 Å². The smallest absolute Gasteiger partial charge is 0.276 e. The molecule has 74 heavy (non-hydrogen) atoms. The van der Waals surface area contributed by atoms with Gasteiger partial charge >= 0.3 is 0 Å². The molecular weight excluding hydrogens is 945 g/mol. The number of aromatic hydroxyl groups is 2. The zero-order valence-electron chi connectivity index (χ0n) is 44.1. The fourth-order valence-electron chi connectivity index (χ4n) is 9.23. The number of nitrogens with zero attached hydrogens (tertiary/aromatic N) is 4. The van der Waals surface area contributed by atoms with Gasteiger partial charge < -0.3 is 19.7 Å². The third-order valence-corrected chi connectivity index (χ3v) is 13.5. The van der Waals surface area contributed by atoms with Crippen molar-refractivity contribution in [3.63, 3.8) is 0 Å². The van der Waals surface area contributed by atoms with Crippen LogP contribution in [0.3, 0.4) is 0 Å². The normalized spacial score (nSPS) is 13.0. The first kappa shape index (κ1) is 53.9. The monoisotopic (exact) mass is 1010 g/mol. The van der Waals surface area contributed by atoms with Crippen LogP contribution >= 0.6 is 0 Å². The van der Waals surface area contributed by atoms with E-state index in [0.717, 1.165) is 34.4 Å². The second kappa shape index (κ2) is 19.9. The van der Waals surface area contributed by atoms with E-state index in [2.05, 4.69) is 83.1 Å². The molecule has 0 saturated heterocycles. The van der Waals surface area contributed by atoms with Gasteiger partial charge in [-0.05, 0) is 88.4 Å². The minimum absolute atomic E-state index is 0.00807. The largest absolute Gasteiger partial charge is 0.507 e. The summed E-state index contributed by atoms with van der Waals surface area (Å²) in [4.78, 5) is 45.1. The Bertz CT molecular complexity index is 2880. The van der Waals surface area contributed by atoms with E-state index in [1.165, 1.54) is 24.3 Å². The van der Waals surface area contributed by atoms with Gasteiger partial charge in [0.1, 0.15) is 36.2 Å². The molecule has 1 aliphatic rings. The summed E-state index contributed by atoms with van der Waals surface area (Å²) < 4.78 is 13.5. The van der Waals surface area contributed by atoms with E-state index in [-0.39, 0.29) is 61.5 Å². The SMILES string of the molecule is CC(C)(C)c1cc2c(O)c(c1)Cc1cc(C(C)(C)C)cc(c1OCc1cc([N+](=O)[O-])cc([N+](=O)[O-])c1)Cc1cc(C(C)(C)C)cc(c1O)Cc1cc(C(C)(C)C)cc(c1OCc1cc([N+](=O)[O-])cc([N+](=O)[O-])c1)C2. The standard InChI is InChI=1S/C58H64N4O12/c1-55(2,3)43-21-35-17-39-25-45(57(7,8)9)27-41(53(39)73-31-33-13-47(59(65)66)29-48(14-33)60(67)68)19-37-23-44(56(4,5)6)24-38(52(37)64)20-42-28-46(58(10,11)12)26-40(18-36(22-43)51(35)63)54(42)74-32-34-15-49(61(69)70)30-50(16-34)62(71)72/h13-16,21-30,63-64H,17-20,31-32H2,1-12H3. The molecule has 0 fully saturated rings. The number of fused-ring (bicyclic) bond motifs is 8. The average Bonchev–Trinajstić information content (AvgIpc) is 3.28. The van der Waals surface area contributed by atoms with Crippen LogP contribution in [0.25, 0.3) is 0 Å². The number of nitro benzene ring substituents is 4. The number of benzene rings is 6. The molecule has 2 N–H and O–H groups in total. The molecule has 0 heterocycles. The third-order valence-electron chi connectivity index (χ3n) is 13.5. The maximum Gasteiger partial charge on any atom is 0.276 e. The van der Waals surface area contributed by atoms with Gasteiger partial charge in [-0.3, -0.25) is 40.5 Å². The van der Waals surface area contributed by atoms with Crippen LogP contribution in [0.15, 0.2) is 84.9 Å². The number of non-ortho nitro benzene ring substituents is 4. The summed E-state index contributed by atoms with van der Waals surface area (Å²) in [6, 6.07) is 22.7. The van der Waals surface area contributed by atoms with Crippen molar-refractivity contribution in [1.29, 1.82) is 0 Å². The van der Waals surface area contributed by atoms with Crippen molar-refractivity contribution in [2.24, 2.45) is 0 Å². The van der Waals surface area contributed by atoms with Gasteiger partial charge in [0.15, 0.2) is 0 Å². The molecule has 6 aromatic rings. The zero-order chi connectivity index (χ0) is 54.6.